The lowest BCUT2D eigenvalue weighted by Crippen LogP contribution is -2.38. The molecule has 218 valence electrons. The van der Waals surface area contributed by atoms with Gasteiger partial charge in [-0.15, -0.1) is 0 Å². The van der Waals surface area contributed by atoms with E-state index in [1.165, 1.54) is 4.90 Å². The van der Waals surface area contributed by atoms with E-state index in [1.807, 2.05) is 47.2 Å². The van der Waals surface area contributed by atoms with E-state index in [1.54, 1.807) is 42.6 Å². The van der Waals surface area contributed by atoms with Crippen LogP contribution in [0.2, 0.25) is 0 Å². The Bertz CT molecular complexity index is 1540. The normalized spacial score (nSPS) is 10.6. The van der Waals surface area contributed by atoms with Gasteiger partial charge in [-0.3, -0.25) is 15.0 Å². The Morgan fingerprint density at radius 2 is 1.64 bits per heavy atom. The van der Waals surface area contributed by atoms with Crippen molar-refractivity contribution in [2.45, 2.75) is 19.9 Å². The minimum atomic E-state index is -0.633. The second kappa shape index (κ2) is 15.3. The molecule has 42 heavy (non-hydrogen) atoms. The lowest BCUT2D eigenvalue weighted by molar-refractivity contribution is -0.697. The van der Waals surface area contributed by atoms with Crippen LogP contribution < -0.4 is 20.1 Å². The molecule has 9 nitrogen and oxygen atoms in total. The Balaban J connectivity index is 1.31. The van der Waals surface area contributed by atoms with Crippen LogP contribution in [0, 0.1) is 0 Å². The van der Waals surface area contributed by atoms with Gasteiger partial charge in [-0.2, -0.15) is 0 Å². The van der Waals surface area contributed by atoms with Crippen molar-refractivity contribution in [1.82, 2.24) is 5.32 Å². The number of hydrogen-bond donors (Lipinski definition) is 2. The predicted octanol–water partition coefficient (Wildman–Crippen LogP) is 6.68. The third-order valence-electron chi connectivity index (χ3n) is 6.18. The Labute approximate surface area is 261 Å². The van der Waals surface area contributed by atoms with E-state index in [-0.39, 0.29) is 32.2 Å². The molecule has 0 atom stereocenters. The molecule has 2 N–H and O–H groups in total. The molecule has 0 radical (unpaired) electrons. The van der Waals surface area contributed by atoms with Crippen molar-refractivity contribution in [2.24, 2.45) is 0 Å². The molecule has 0 spiro atoms. The second-order valence-corrected chi connectivity index (χ2v) is 11.1. The molecule has 4 aromatic rings. The third kappa shape index (κ3) is 8.77. The van der Waals surface area contributed by atoms with Crippen molar-refractivity contribution in [1.29, 1.82) is 0 Å². The summed E-state index contributed by atoms with van der Waals surface area (Å²) in [4.78, 5) is 39.6. The van der Waals surface area contributed by atoms with Crippen molar-refractivity contribution in [2.75, 3.05) is 36.5 Å². The number of nitrogens with zero attached hydrogens (tertiary/aromatic N) is 2. The van der Waals surface area contributed by atoms with E-state index in [0.717, 1.165) is 32.7 Å². The lowest BCUT2D eigenvalue weighted by Gasteiger charge is -2.22. The number of amides is 3. The summed E-state index contributed by atoms with van der Waals surface area (Å²) in [5, 5.41) is 7.43. The number of anilines is 2. The number of pyridine rings is 1. The highest BCUT2D eigenvalue weighted by molar-refractivity contribution is 9.10. The maximum atomic E-state index is 13.0. The van der Waals surface area contributed by atoms with Crippen LogP contribution in [0.3, 0.4) is 0 Å². The van der Waals surface area contributed by atoms with Gasteiger partial charge in [0.05, 0.1) is 23.2 Å². The van der Waals surface area contributed by atoms with E-state index >= 15 is 0 Å². The summed E-state index contributed by atoms with van der Waals surface area (Å²) >= 11 is 6.83. The molecule has 0 aliphatic carbocycles. The summed E-state index contributed by atoms with van der Waals surface area (Å²) in [6.07, 6.45) is 3.36. The number of nitrogens with one attached hydrogen (secondary N) is 2. The van der Waals surface area contributed by atoms with Gasteiger partial charge in [0.15, 0.2) is 12.4 Å². The van der Waals surface area contributed by atoms with Crippen LogP contribution in [0.25, 0.3) is 10.8 Å². The van der Waals surface area contributed by atoms with E-state index in [9.17, 15) is 14.4 Å². The summed E-state index contributed by atoms with van der Waals surface area (Å²) in [6.45, 7) is 2.93. The van der Waals surface area contributed by atoms with E-state index in [0.29, 0.717) is 16.9 Å². The smallest absolute Gasteiger partial charge is 0.414 e. The maximum absolute atomic E-state index is 13.0. The van der Waals surface area contributed by atoms with Gasteiger partial charge in [-0.05, 0) is 57.7 Å². The molecule has 1 aromatic heterocycles. The topological polar surface area (TPSA) is 101 Å². The first-order valence-corrected chi connectivity index (χ1v) is 15.0. The average molecular weight is 699 g/mol. The van der Waals surface area contributed by atoms with Crippen LogP contribution in [-0.4, -0.2) is 44.4 Å². The van der Waals surface area contributed by atoms with Gasteiger partial charge in [0.25, 0.3) is 5.91 Å². The molecular formula is C31H31Br2N4O5+. The standard InChI is InChI=1S/C31H30Br2N4O5/c1-2-15-36-20-23(19-25(33)21-36)29(38)34-14-17-42-31(40)37(26-12-10-24(32)11-13-26)16-18-41-30(39)35-28-9-5-7-22-6-3-4-8-27(22)28/h3-13,19-21H,2,14-18H2,1H3,(H-,34,35,38,39)/p+1. The predicted molar refractivity (Wildman–Crippen MR) is 169 cm³/mol. The minimum Gasteiger partial charge on any atom is -0.447 e. The average Bonchev–Trinajstić information content (AvgIpc) is 2.98. The second-order valence-electron chi connectivity index (χ2n) is 9.27. The highest BCUT2D eigenvalue weighted by atomic mass is 79.9. The number of aryl methyl sites for hydroxylation is 1. The molecule has 11 heteroatoms. The van der Waals surface area contributed by atoms with Crippen molar-refractivity contribution in [3.8, 4) is 0 Å². The molecule has 1 heterocycles. The monoisotopic (exact) mass is 697 g/mol. The quantitative estimate of drug-likeness (QED) is 0.134. The number of aromatic nitrogens is 1. The summed E-state index contributed by atoms with van der Waals surface area (Å²) in [5.41, 5.74) is 1.70. The Morgan fingerprint density at radius 1 is 0.881 bits per heavy atom. The fraction of sp³-hybridized carbons (Fsp3) is 0.226. The van der Waals surface area contributed by atoms with Gasteiger partial charge in [0.2, 0.25) is 0 Å². The van der Waals surface area contributed by atoms with Crippen LogP contribution in [0.5, 0.6) is 0 Å². The van der Waals surface area contributed by atoms with E-state index in [4.69, 9.17) is 9.47 Å². The number of halogens is 2. The fourth-order valence-electron chi connectivity index (χ4n) is 4.25. The van der Waals surface area contributed by atoms with Gasteiger partial charge in [0.1, 0.15) is 25.3 Å². The largest absolute Gasteiger partial charge is 0.447 e. The van der Waals surface area contributed by atoms with Gasteiger partial charge in [-0.25, -0.2) is 14.2 Å². The van der Waals surface area contributed by atoms with Crippen molar-refractivity contribution in [3.05, 3.63) is 99.7 Å². The van der Waals surface area contributed by atoms with Crippen LogP contribution in [-0.2, 0) is 16.0 Å². The summed E-state index contributed by atoms with van der Waals surface area (Å²) < 4.78 is 14.4. The summed E-state index contributed by atoms with van der Waals surface area (Å²) in [6, 6.07) is 22.2. The fourth-order valence-corrected chi connectivity index (χ4v) is 5.02. The number of hydrogen-bond acceptors (Lipinski definition) is 5. The highest BCUT2D eigenvalue weighted by Gasteiger charge is 2.19. The van der Waals surface area contributed by atoms with Gasteiger partial charge >= 0.3 is 12.2 Å². The number of carbonyl (C=O) groups excluding carboxylic acids is 3. The van der Waals surface area contributed by atoms with Crippen LogP contribution >= 0.6 is 31.9 Å². The molecule has 0 saturated heterocycles. The first kappa shape index (κ1) is 31.0. The number of benzene rings is 3. The third-order valence-corrected chi connectivity index (χ3v) is 7.14. The molecule has 0 fully saturated rings. The molecule has 3 amide bonds. The molecule has 0 saturated carbocycles. The Hall–Kier alpha value is -3.96. The zero-order valence-electron chi connectivity index (χ0n) is 23.0. The molecule has 3 aromatic carbocycles. The SMILES string of the molecule is CCC[n+]1cc(Br)cc(C(=O)NCCOC(=O)N(CCOC(=O)Nc2cccc3ccccc23)c2ccc(Br)cc2)c1. The molecule has 0 unspecified atom stereocenters. The van der Waals surface area contributed by atoms with Crippen LogP contribution in [0.1, 0.15) is 23.7 Å². The first-order valence-electron chi connectivity index (χ1n) is 13.4. The van der Waals surface area contributed by atoms with E-state index in [2.05, 4.69) is 49.4 Å². The van der Waals surface area contributed by atoms with Crippen molar-refractivity contribution >= 4 is 72.1 Å². The Kier molecular flexibility index (Phi) is 11.3. The minimum absolute atomic E-state index is 0.0387. The summed E-state index contributed by atoms with van der Waals surface area (Å²) in [7, 11) is 0. The lowest BCUT2D eigenvalue weighted by atomic mass is 10.1. The van der Waals surface area contributed by atoms with Gasteiger partial charge < -0.3 is 14.8 Å². The summed E-state index contributed by atoms with van der Waals surface area (Å²) in [5.74, 6) is -0.271. The molecule has 0 aliphatic heterocycles. The molecule has 0 aliphatic rings. The molecular weight excluding hydrogens is 668 g/mol. The van der Waals surface area contributed by atoms with Crippen molar-refractivity contribution in [3.63, 3.8) is 0 Å². The molecule has 4 rings (SSSR count). The zero-order chi connectivity index (χ0) is 29.9. The van der Waals surface area contributed by atoms with Crippen LogP contribution in [0.15, 0.2) is 94.1 Å². The maximum Gasteiger partial charge on any atom is 0.414 e. The zero-order valence-corrected chi connectivity index (χ0v) is 26.2. The number of fused-ring (bicyclic) bond motifs is 1. The van der Waals surface area contributed by atoms with E-state index < -0.39 is 12.2 Å². The van der Waals surface area contributed by atoms with Gasteiger partial charge in [-0.1, -0.05) is 59.3 Å². The molecule has 0 bridgehead atoms. The number of carbonyl (C=O) groups is 3. The highest BCUT2D eigenvalue weighted by Crippen LogP contribution is 2.23. The number of rotatable bonds is 11. The number of ether oxygens (including phenoxy) is 2. The van der Waals surface area contributed by atoms with Gasteiger partial charge in [0, 0.05) is 22.0 Å². The van der Waals surface area contributed by atoms with Crippen LogP contribution in [0.4, 0.5) is 21.0 Å². The Morgan fingerprint density at radius 3 is 2.43 bits per heavy atom. The van der Waals surface area contributed by atoms with Crippen molar-refractivity contribution < 1.29 is 28.4 Å². The first-order chi connectivity index (χ1) is 20.3.